The minimum absolute atomic E-state index is 0.149. The number of amides is 2. The van der Waals surface area contributed by atoms with Gasteiger partial charge in [-0.25, -0.2) is 10.9 Å². The van der Waals surface area contributed by atoms with Crippen molar-refractivity contribution in [2.24, 2.45) is 10.2 Å². The number of carbonyl (C=O) groups is 2. The zero-order valence-electron chi connectivity index (χ0n) is 17.5. The lowest BCUT2D eigenvalue weighted by molar-refractivity contribution is 0.0943. The molecule has 32 heavy (non-hydrogen) atoms. The standard InChI is InChI=1S/C24H22N4O4/c1-15(17-7-11-21(29)12-8-17)25-27-23(31)19-3-5-20(6-4-19)24(32)28-26-16(2)18-9-13-22(30)14-10-18/h3-14,29-30H,1-2H3,(H,27,31)(H,28,32)/b25-15+,26-16+. The number of nitrogens with zero attached hydrogens (tertiary/aromatic N) is 2. The van der Waals surface area contributed by atoms with Gasteiger partial charge in [-0.15, -0.1) is 0 Å². The number of nitrogens with one attached hydrogen (secondary N) is 2. The predicted octanol–water partition coefficient (Wildman–Crippen LogP) is 3.41. The Hall–Kier alpha value is -4.46. The van der Waals surface area contributed by atoms with Crippen LogP contribution in [0.3, 0.4) is 0 Å². The van der Waals surface area contributed by atoms with Crippen molar-refractivity contribution in [3.8, 4) is 11.5 Å². The fraction of sp³-hybridized carbons (Fsp3) is 0.0833. The lowest BCUT2D eigenvalue weighted by Gasteiger charge is -2.05. The Morgan fingerprint density at radius 2 is 0.844 bits per heavy atom. The Labute approximate surface area is 184 Å². The third kappa shape index (κ3) is 5.79. The molecule has 0 aliphatic heterocycles. The normalized spacial score (nSPS) is 11.7. The Morgan fingerprint density at radius 1 is 0.562 bits per heavy atom. The summed E-state index contributed by atoms with van der Waals surface area (Å²) in [5.41, 5.74) is 8.30. The highest BCUT2D eigenvalue weighted by Gasteiger charge is 2.09. The second kappa shape index (κ2) is 10.0. The van der Waals surface area contributed by atoms with Crippen molar-refractivity contribution in [3.63, 3.8) is 0 Å². The van der Waals surface area contributed by atoms with Crippen LogP contribution in [0.5, 0.6) is 11.5 Å². The Morgan fingerprint density at radius 3 is 1.16 bits per heavy atom. The van der Waals surface area contributed by atoms with Crippen molar-refractivity contribution in [3.05, 3.63) is 95.1 Å². The van der Waals surface area contributed by atoms with Gasteiger partial charge in [-0.2, -0.15) is 10.2 Å². The van der Waals surface area contributed by atoms with Gasteiger partial charge in [0.15, 0.2) is 0 Å². The maximum absolute atomic E-state index is 12.3. The zero-order chi connectivity index (χ0) is 23.1. The van der Waals surface area contributed by atoms with Gasteiger partial charge in [-0.1, -0.05) is 0 Å². The van der Waals surface area contributed by atoms with E-state index in [9.17, 15) is 19.8 Å². The summed E-state index contributed by atoms with van der Waals surface area (Å²) in [6.07, 6.45) is 0. The molecule has 0 aromatic heterocycles. The predicted molar refractivity (Wildman–Crippen MR) is 122 cm³/mol. The van der Waals surface area contributed by atoms with Gasteiger partial charge in [-0.3, -0.25) is 9.59 Å². The van der Waals surface area contributed by atoms with Gasteiger partial charge in [0.05, 0.1) is 11.4 Å². The van der Waals surface area contributed by atoms with Crippen LogP contribution in [0.25, 0.3) is 0 Å². The van der Waals surface area contributed by atoms with E-state index in [1.54, 1.807) is 38.1 Å². The van der Waals surface area contributed by atoms with Crippen LogP contribution in [-0.4, -0.2) is 33.5 Å². The van der Waals surface area contributed by atoms with E-state index in [-0.39, 0.29) is 11.5 Å². The van der Waals surface area contributed by atoms with Gasteiger partial charge in [-0.05, 0) is 97.8 Å². The van der Waals surface area contributed by atoms with Crippen LogP contribution >= 0.6 is 0 Å². The molecule has 0 aliphatic rings. The molecule has 8 nitrogen and oxygen atoms in total. The van der Waals surface area contributed by atoms with Crippen molar-refractivity contribution in [2.75, 3.05) is 0 Å². The summed E-state index contributed by atoms with van der Waals surface area (Å²) in [5, 5.41) is 26.8. The average molecular weight is 430 g/mol. The van der Waals surface area contributed by atoms with E-state index in [1.807, 2.05) is 0 Å². The van der Waals surface area contributed by atoms with Crippen LogP contribution < -0.4 is 10.9 Å². The first kappa shape index (κ1) is 22.2. The van der Waals surface area contributed by atoms with Gasteiger partial charge in [0.25, 0.3) is 11.8 Å². The van der Waals surface area contributed by atoms with E-state index >= 15 is 0 Å². The first-order chi connectivity index (χ1) is 15.3. The molecule has 0 saturated heterocycles. The highest BCUT2D eigenvalue weighted by atomic mass is 16.3. The minimum Gasteiger partial charge on any atom is -0.508 e. The van der Waals surface area contributed by atoms with Crippen LogP contribution in [-0.2, 0) is 0 Å². The summed E-state index contributed by atoms with van der Waals surface area (Å²) in [4.78, 5) is 24.6. The number of hydrogen-bond donors (Lipinski definition) is 4. The first-order valence-electron chi connectivity index (χ1n) is 9.71. The number of hydrogen-bond acceptors (Lipinski definition) is 6. The second-order valence-electron chi connectivity index (χ2n) is 6.95. The largest absolute Gasteiger partial charge is 0.508 e. The Kier molecular flexibility index (Phi) is 6.97. The van der Waals surface area contributed by atoms with E-state index in [2.05, 4.69) is 21.1 Å². The van der Waals surface area contributed by atoms with E-state index in [1.165, 1.54) is 48.5 Å². The molecule has 0 bridgehead atoms. The molecule has 3 rings (SSSR count). The summed E-state index contributed by atoms with van der Waals surface area (Å²) in [6, 6.07) is 19.0. The van der Waals surface area contributed by atoms with Crippen molar-refractivity contribution < 1.29 is 19.8 Å². The van der Waals surface area contributed by atoms with E-state index in [0.717, 1.165) is 11.1 Å². The van der Waals surface area contributed by atoms with Crippen LogP contribution in [0, 0.1) is 0 Å². The minimum atomic E-state index is -0.420. The van der Waals surface area contributed by atoms with Gasteiger partial charge >= 0.3 is 0 Å². The van der Waals surface area contributed by atoms with E-state index in [4.69, 9.17) is 0 Å². The summed E-state index contributed by atoms with van der Waals surface area (Å²) in [5.74, 6) is -0.542. The van der Waals surface area contributed by atoms with Crippen molar-refractivity contribution in [1.29, 1.82) is 0 Å². The summed E-state index contributed by atoms with van der Waals surface area (Å²) in [7, 11) is 0. The molecule has 2 amide bonds. The van der Waals surface area contributed by atoms with Crippen molar-refractivity contribution in [2.45, 2.75) is 13.8 Å². The second-order valence-corrected chi connectivity index (χ2v) is 6.95. The molecule has 0 atom stereocenters. The fourth-order valence-electron chi connectivity index (χ4n) is 2.71. The van der Waals surface area contributed by atoms with Crippen LogP contribution in [0.4, 0.5) is 0 Å². The first-order valence-corrected chi connectivity index (χ1v) is 9.71. The molecule has 3 aromatic carbocycles. The number of hydrazone groups is 2. The van der Waals surface area contributed by atoms with Gasteiger partial charge < -0.3 is 10.2 Å². The molecule has 0 unspecified atom stereocenters. The molecule has 0 aliphatic carbocycles. The molecular weight excluding hydrogens is 408 g/mol. The molecule has 8 heteroatoms. The molecule has 162 valence electrons. The number of rotatable bonds is 6. The monoisotopic (exact) mass is 430 g/mol. The molecule has 0 spiro atoms. The summed E-state index contributed by atoms with van der Waals surface area (Å²) >= 11 is 0. The lowest BCUT2D eigenvalue weighted by atomic mass is 10.1. The quantitative estimate of drug-likeness (QED) is 0.353. The van der Waals surface area contributed by atoms with Gasteiger partial charge in [0, 0.05) is 11.1 Å². The maximum atomic E-state index is 12.3. The average Bonchev–Trinajstić information content (AvgIpc) is 2.81. The third-order valence-electron chi connectivity index (χ3n) is 4.63. The summed E-state index contributed by atoms with van der Waals surface area (Å²) < 4.78 is 0. The smallest absolute Gasteiger partial charge is 0.271 e. The summed E-state index contributed by atoms with van der Waals surface area (Å²) in [6.45, 7) is 3.47. The molecule has 0 saturated carbocycles. The lowest BCUT2D eigenvalue weighted by Crippen LogP contribution is -2.21. The van der Waals surface area contributed by atoms with Crippen LogP contribution in [0.15, 0.2) is 83.0 Å². The third-order valence-corrected chi connectivity index (χ3v) is 4.63. The molecule has 4 N–H and O–H groups in total. The number of phenols is 2. The van der Waals surface area contributed by atoms with Crippen LogP contribution in [0.1, 0.15) is 45.7 Å². The highest BCUT2D eigenvalue weighted by Crippen LogP contribution is 2.11. The van der Waals surface area contributed by atoms with E-state index in [0.29, 0.717) is 22.6 Å². The highest BCUT2D eigenvalue weighted by molar-refractivity contribution is 6.02. The molecule has 0 radical (unpaired) electrons. The number of benzene rings is 3. The fourth-order valence-corrected chi connectivity index (χ4v) is 2.71. The molecule has 0 fully saturated rings. The SMILES string of the molecule is C/C(=N\NC(=O)c1ccc(C(=O)N/N=C(\C)c2ccc(O)cc2)cc1)c1ccc(O)cc1. The van der Waals surface area contributed by atoms with E-state index < -0.39 is 11.8 Å². The van der Waals surface area contributed by atoms with Crippen molar-refractivity contribution in [1.82, 2.24) is 10.9 Å². The maximum Gasteiger partial charge on any atom is 0.271 e. The number of aromatic hydroxyl groups is 2. The van der Waals surface area contributed by atoms with Gasteiger partial charge in [0.2, 0.25) is 0 Å². The topological polar surface area (TPSA) is 123 Å². The Bertz CT molecular complexity index is 1070. The van der Waals surface area contributed by atoms with Crippen molar-refractivity contribution >= 4 is 23.2 Å². The molecular formula is C24H22N4O4. The molecule has 0 heterocycles. The van der Waals surface area contributed by atoms with Gasteiger partial charge in [0.1, 0.15) is 11.5 Å². The number of carbonyl (C=O) groups excluding carboxylic acids is 2. The molecule has 3 aromatic rings. The Balaban J connectivity index is 1.59. The van der Waals surface area contributed by atoms with Crippen LogP contribution in [0.2, 0.25) is 0 Å². The number of phenolic OH excluding ortho intramolecular Hbond substituents is 2. The zero-order valence-corrected chi connectivity index (χ0v) is 17.5.